The first-order valence-corrected chi connectivity index (χ1v) is 4.57. The van der Waals surface area contributed by atoms with Crippen molar-refractivity contribution in [3.8, 4) is 0 Å². The molecule has 0 aliphatic carbocycles. The average molecular weight is 225 g/mol. The van der Waals surface area contributed by atoms with E-state index >= 15 is 0 Å². The normalized spacial score (nSPS) is 22.1. The number of carbonyl (C=O) groups excluding carboxylic acids is 1. The first kappa shape index (κ1) is 15.1. The van der Waals surface area contributed by atoms with Gasteiger partial charge in [-0.25, -0.2) is 0 Å². The van der Waals surface area contributed by atoms with Gasteiger partial charge in [0.1, 0.15) is 6.29 Å². The molecule has 0 amide bonds. The predicted octanol–water partition coefficient (Wildman–Crippen LogP) is 1.67. The molecule has 1 aliphatic rings. The Morgan fingerprint density at radius 3 is 2.33 bits per heavy atom. The number of hydrogen-bond donors (Lipinski definition) is 0. The number of hydrogen-bond acceptors (Lipinski definition) is 2. The number of nitrogens with zero attached hydrogens (tertiary/aromatic N) is 1. The van der Waals surface area contributed by atoms with E-state index in [0.717, 1.165) is 19.3 Å². The van der Waals surface area contributed by atoms with Gasteiger partial charge in [0, 0.05) is 18.6 Å². The summed E-state index contributed by atoms with van der Waals surface area (Å²) in [5.74, 6) is 0. The molecule has 2 nitrogen and oxygen atoms in total. The topological polar surface area (TPSA) is 20.3 Å². The first-order chi connectivity index (χ1) is 5.26. The third-order valence-corrected chi connectivity index (χ3v) is 1.92. The molecule has 0 N–H and O–H groups in total. The quantitative estimate of drug-likeness (QED) is 0.384. The Morgan fingerprint density at radius 1 is 1.67 bits per heavy atom. The summed E-state index contributed by atoms with van der Waals surface area (Å²) in [6, 6.07) is 0.0556. The molecule has 0 aromatic rings. The average Bonchev–Trinajstić information content (AvgIpc) is 2.36. The van der Waals surface area contributed by atoms with Crippen LogP contribution in [0.2, 0.25) is 0 Å². The van der Waals surface area contributed by atoms with Gasteiger partial charge in [-0.15, -0.1) is 0 Å². The van der Waals surface area contributed by atoms with E-state index in [4.69, 9.17) is 0 Å². The maximum atomic E-state index is 10.1. The maximum absolute atomic E-state index is 10.1. The molecule has 12 heavy (non-hydrogen) atoms. The van der Waals surface area contributed by atoms with Crippen molar-refractivity contribution in [3.05, 3.63) is 6.42 Å². The monoisotopic (exact) mass is 225 g/mol. The van der Waals surface area contributed by atoms with E-state index in [-0.39, 0.29) is 24.6 Å². The molecule has 1 rings (SSSR count). The van der Waals surface area contributed by atoms with E-state index in [9.17, 15) is 4.79 Å². The van der Waals surface area contributed by atoms with E-state index in [1.807, 2.05) is 11.1 Å². The van der Waals surface area contributed by atoms with Crippen molar-refractivity contribution in [1.29, 1.82) is 0 Å². The zero-order chi connectivity index (χ0) is 8.69. The Morgan fingerprint density at radius 2 is 2.17 bits per heavy atom. The molecule has 1 radical (unpaired) electrons. The van der Waals surface area contributed by atoms with E-state index in [1.54, 1.807) is 0 Å². The second-order valence-electron chi connectivity index (χ2n) is 2.60. The van der Waals surface area contributed by atoms with Crippen molar-refractivity contribution >= 4 is 15.7 Å². The Balaban J connectivity index is 0. The van der Waals surface area contributed by atoms with Crippen molar-refractivity contribution in [1.82, 2.24) is 4.67 Å². The molecule has 0 aromatic carbocycles. The molecular weight excluding hydrogens is 208 g/mol. The van der Waals surface area contributed by atoms with Crippen LogP contribution in [0.25, 0.3) is 0 Å². The Hall–Kier alpha value is 0.644. The van der Waals surface area contributed by atoms with Gasteiger partial charge in [0.2, 0.25) is 0 Å². The van der Waals surface area contributed by atoms with Crippen LogP contribution in [0.4, 0.5) is 0 Å². The number of carbonyl (C=O) groups is 1. The van der Waals surface area contributed by atoms with Crippen LogP contribution in [0, 0.1) is 6.42 Å². The van der Waals surface area contributed by atoms with E-state index in [1.165, 1.54) is 6.42 Å². The molecule has 1 aliphatic heterocycles. The van der Waals surface area contributed by atoms with Gasteiger partial charge in [0.05, 0.1) is 0 Å². The third-order valence-electron chi connectivity index (χ3n) is 1.32. The van der Waals surface area contributed by atoms with Gasteiger partial charge in [0.15, 0.2) is 0 Å². The Labute approximate surface area is 89.6 Å². The van der Waals surface area contributed by atoms with Crippen LogP contribution in [0.1, 0.15) is 26.7 Å². The summed E-state index contributed by atoms with van der Waals surface area (Å²) < 4.78 is 1.95. The van der Waals surface area contributed by atoms with Gasteiger partial charge in [-0.3, -0.25) is 0 Å². The molecule has 1 unspecified atom stereocenters. The van der Waals surface area contributed by atoms with Crippen LogP contribution < -0.4 is 0 Å². The smallest absolute Gasteiger partial charge is 0.107 e. The summed E-state index contributed by atoms with van der Waals surface area (Å²) in [5.41, 5.74) is 0. The predicted molar refractivity (Wildman–Crippen MR) is 51.2 cm³/mol. The van der Waals surface area contributed by atoms with Gasteiger partial charge in [-0.05, 0) is 6.54 Å². The van der Waals surface area contributed by atoms with Gasteiger partial charge < -0.3 is 15.9 Å². The molecule has 4 heteroatoms. The molecule has 71 valence electrons. The second kappa shape index (κ2) is 9.73. The first-order valence-electron chi connectivity index (χ1n) is 4.06. The fourth-order valence-electron chi connectivity index (χ4n) is 0.813. The zero-order valence-electron chi connectivity index (χ0n) is 7.73. The van der Waals surface area contributed by atoms with Crippen LogP contribution in [-0.4, -0.2) is 23.5 Å². The van der Waals surface area contributed by atoms with Crippen molar-refractivity contribution in [2.75, 3.05) is 6.54 Å². The van der Waals surface area contributed by atoms with Gasteiger partial charge in [-0.2, -0.15) is 6.42 Å². The summed E-state index contributed by atoms with van der Waals surface area (Å²) in [6.07, 6.45) is 5.26. The zero-order valence-corrected chi connectivity index (χ0v) is 10.3. The van der Waals surface area contributed by atoms with Crippen molar-refractivity contribution < 1.29 is 23.4 Å². The molecule has 0 saturated carbocycles. The Kier molecular flexibility index (Phi) is 12.3. The molecule has 0 spiro atoms. The SMILES string of the molecule is CCC.O=C[C@H]1[CH-]CCN1P.[V]. The van der Waals surface area contributed by atoms with Crippen LogP contribution in [0.3, 0.4) is 0 Å². The van der Waals surface area contributed by atoms with Gasteiger partial charge in [-0.1, -0.05) is 35.7 Å². The van der Waals surface area contributed by atoms with Crippen molar-refractivity contribution in [2.45, 2.75) is 32.7 Å². The molecule has 1 heterocycles. The summed E-state index contributed by atoms with van der Waals surface area (Å²) in [5, 5.41) is 0. The molecule has 1 fully saturated rings. The van der Waals surface area contributed by atoms with Crippen LogP contribution >= 0.6 is 9.39 Å². The summed E-state index contributed by atoms with van der Waals surface area (Å²) in [7, 11) is 2.53. The van der Waals surface area contributed by atoms with Crippen LogP contribution in [-0.2, 0) is 23.4 Å². The number of aldehydes is 1. The fraction of sp³-hybridized carbons (Fsp3) is 0.750. The van der Waals surface area contributed by atoms with Crippen LogP contribution in [0.5, 0.6) is 0 Å². The molecular formula is C8H17NOPV-. The molecule has 0 bridgehead atoms. The molecule has 0 aromatic heterocycles. The van der Waals surface area contributed by atoms with Gasteiger partial charge >= 0.3 is 0 Å². The minimum absolute atomic E-state index is 0. The van der Waals surface area contributed by atoms with Crippen molar-refractivity contribution in [2.24, 2.45) is 0 Å². The maximum Gasteiger partial charge on any atom is 0.107 e. The van der Waals surface area contributed by atoms with E-state index in [0.29, 0.717) is 0 Å². The van der Waals surface area contributed by atoms with E-state index < -0.39 is 0 Å². The summed E-state index contributed by atoms with van der Waals surface area (Å²) in [4.78, 5) is 10.1. The third kappa shape index (κ3) is 6.19. The van der Waals surface area contributed by atoms with E-state index in [2.05, 4.69) is 23.2 Å². The molecule has 1 saturated heterocycles. The Bertz CT molecular complexity index is 113. The summed E-state index contributed by atoms with van der Waals surface area (Å²) in [6.45, 7) is 5.24. The standard InChI is InChI=1S/C5H9NOP.C3H8.V/c7-4-5-2-1-3-6(5)8;1-3-2;/h2,4-5H,1,3,8H2;3H2,1-2H3;/q-1;;/t5-;;/m1../s1. The summed E-state index contributed by atoms with van der Waals surface area (Å²) >= 11 is 0. The van der Waals surface area contributed by atoms with Gasteiger partial charge in [0.25, 0.3) is 0 Å². The number of rotatable bonds is 1. The van der Waals surface area contributed by atoms with Crippen LogP contribution in [0.15, 0.2) is 0 Å². The minimum atomic E-state index is 0. The largest absolute Gasteiger partial charge is 0.309 e. The fourth-order valence-corrected chi connectivity index (χ4v) is 1.15. The van der Waals surface area contributed by atoms with Crippen molar-refractivity contribution in [3.63, 3.8) is 0 Å². The minimum Gasteiger partial charge on any atom is -0.309 e. The second-order valence-corrected chi connectivity index (χ2v) is 3.26. The molecule has 2 atom stereocenters.